The minimum Gasteiger partial charge on any atom is -0.489 e. The van der Waals surface area contributed by atoms with E-state index in [1.807, 2.05) is 65.6 Å². The van der Waals surface area contributed by atoms with E-state index in [2.05, 4.69) is 53.6 Å². The van der Waals surface area contributed by atoms with Gasteiger partial charge in [-0.2, -0.15) is 0 Å². The van der Waals surface area contributed by atoms with Crippen LogP contribution in [-0.2, 0) is 29.2 Å². The highest BCUT2D eigenvalue weighted by Crippen LogP contribution is 2.17. The van der Waals surface area contributed by atoms with E-state index in [9.17, 15) is 9.59 Å². The van der Waals surface area contributed by atoms with Crippen LogP contribution in [0.4, 0.5) is 0 Å². The number of hydrogen-bond donors (Lipinski definition) is 2. The van der Waals surface area contributed by atoms with Crippen molar-refractivity contribution in [3.8, 4) is 5.75 Å². The summed E-state index contributed by atoms with van der Waals surface area (Å²) in [5.74, 6) is 0.964. The van der Waals surface area contributed by atoms with E-state index in [1.54, 1.807) is 7.05 Å². The summed E-state index contributed by atoms with van der Waals surface area (Å²) in [6, 6.07) is 27.3. The van der Waals surface area contributed by atoms with Crippen molar-refractivity contribution in [1.82, 2.24) is 20.4 Å². The summed E-state index contributed by atoms with van der Waals surface area (Å²) in [4.78, 5) is 31.3. The summed E-state index contributed by atoms with van der Waals surface area (Å²) >= 11 is 0. The molecule has 218 valence electrons. The molecule has 1 aliphatic heterocycles. The van der Waals surface area contributed by atoms with Crippen molar-refractivity contribution in [2.24, 2.45) is 5.92 Å². The number of rotatable bonds is 13. The second-order valence-corrected chi connectivity index (χ2v) is 11.2. The first kappa shape index (κ1) is 30.3. The first-order chi connectivity index (χ1) is 19.9. The molecular formula is C34H44N4O3. The summed E-state index contributed by atoms with van der Waals surface area (Å²) < 4.78 is 5.94. The third-order valence-electron chi connectivity index (χ3n) is 7.53. The van der Waals surface area contributed by atoms with E-state index < -0.39 is 6.04 Å². The number of nitrogens with one attached hydrogen (secondary N) is 2. The van der Waals surface area contributed by atoms with Gasteiger partial charge in [-0.25, -0.2) is 0 Å². The number of likely N-dealkylation sites (N-methyl/N-ethyl adjacent to an activating group) is 1. The van der Waals surface area contributed by atoms with Crippen LogP contribution in [0.1, 0.15) is 37.0 Å². The van der Waals surface area contributed by atoms with Crippen molar-refractivity contribution in [1.29, 1.82) is 0 Å². The molecule has 2 unspecified atom stereocenters. The lowest BCUT2D eigenvalue weighted by Crippen LogP contribution is -2.57. The Labute approximate surface area is 244 Å². The quantitative estimate of drug-likeness (QED) is 0.329. The second kappa shape index (κ2) is 15.4. The van der Waals surface area contributed by atoms with Gasteiger partial charge in [0.15, 0.2) is 0 Å². The van der Waals surface area contributed by atoms with Crippen molar-refractivity contribution in [2.45, 2.75) is 51.9 Å². The predicted octanol–water partition coefficient (Wildman–Crippen LogP) is 4.27. The standard InChI is InChI=1S/C34H44N4O3/c1-26(2)22-31(35-3)33(39)36-32(23-27-14-16-30(17-15-27)41-25-29-12-8-5-9-13-29)34(40)38-20-18-37(19-21-38)24-28-10-6-4-7-11-28/h4-17,26,31-32,35H,18-25H2,1-3H3,(H,36,39). The molecule has 0 bridgehead atoms. The van der Waals surface area contributed by atoms with Gasteiger partial charge in [-0.05, 0) is 48.2 Å². The zero-order chi connectivity index (χ0) is 29.0. The number of hydrogen-bond acceptors (Lipinski definition) is 5. The number of nitrogens with zero attached hydrogens (tertiary/aromatic N) is 2. The van der Waals surface area contributed by atoms with Gasteiger partial charge in [-0.15, -0.1) is 0 Å². The van der Waals surface area contributed by atoms with Crippen LogP contribution in [0.2, 0.25) is 0 Å². The Morgan fingerprint density at radius 1 is 0.780 bits per heavy atom. The van der Waals surface area contributed by atoms with E-state index in [-0.39, 0.29) is 17.9 Å². The zero-order valence-corrected chi connectivity index (χ0v) is 24.6. The van der Waals surface area contributed by atoms with Gasteiger partial charge >= 0.3 is 0 Å². The average Bonchev–Trinajstić information content (AvgIpc) is 3.00. The molecule has 1 heterocycles. The second-order valence-electron chi connectivity index (χ2n) is 11.2. The molecule has 3 aromatic carbocycles. The number of benzene rings is 3. The first-order valence-corrected chi connectivity index (χ1v) is 14.7. The van der Waals surface area contributed by atoms with Crippen LogP contribution in [0.25, 0.3) is 0 Å². The normalized spacial score (nSPS) is 15.4. The van der Waals surface area contributed by atoms with E-state index >= 15 is 0 Å². The van der Waals surface area contributed by atoms with Crippen LogP contribution >= 0.6 is 0 Å². The molecule has 3 aromatic rings. The molecule has 41 heavy (non-hydrogen) atoms. The highest BCUT2D eigenvalue weighted by molar-refractivity contribution is 5.90. The van der Waals surface area contributed by atoms with E-state index in [4.69, 9.17) is 4.74 Å². The maximum absolute atomic E-state index is 13.8. The summed E-state index contributed by atoms with van der Waals surface area (Å²) in [7, 11) is 1.80. The van der Waals surface area contributed by atoms with Gasteiger partial charge in [0.05, 0.1) is 6.04 Å². The third kappa shape index (κ3) is 9.44. The minimum atomic E-state index is -0.637. The van der Waals surface area contributed by atoms with Crippen molar-refractivity contribution in [3.05, 3.63) is 102 Å². The predicted molar refractivity (Wildman–Crippen MR) is 163 cm³/mol. The van der Waals surface area contributed by atoms with Crippen molar-refractivity contribution < 1.29 is 14.3 Å². The molecule has 2 atom stereocenters. The fraction of sp³-hybridized carbons (Fsp3) is 0.412. The minimum absolute atomic E-state index is 0.0264. The van der Waals surface area contributed by atoms with Crippen LogP contribution < -0.4 is 15.4 Å². The monoisotopic (exact) mass is 556 g/mol. The fourth-order valence-corrected chi connectivity index (χ4v) is 5.19. The van der Waals surface area contributed by atoms with Gasteiger partial charge < -0.3 is 20.3 Å². The van der Waals surface area contributed by atoms with Crippen LogP contribution in [0.5, 0.6) is 5.75 Å². The summed E-state index contributed by atoms with van der Waals surface area (Å²) in [6.07, 6.45) is 1.13. The Morgan fingerprint density at radius 2 is 1.39 bits per heavy atom. The van der Waals surface area contributed by atoms with Crippen LogP contribution in [0.3, 0.4) is 0 Å². The Kier molecular flexibility index (Phi) is 11.3. The highest BCUT2D eigenvalue weighted by atomic mass is 16.5. The summed E-state index contributed by atoms with van der Waals surface area (Å²) in [5, 5.41) is 6.22. The molecule has 4 rings (SSSR count). The van der Waals surface area contributed by atoms with E-state index in [0.29, 0.717) is 38.5 Å². The molecule has 1 aliphatic rings. The zero-order valence-electron chi connectivity index (χ0n) is 24.6. The maximum atomic E-state index is 13.8. The molecule has 0 aliphatic carbocycles. The van der Waals surface area contributed by atoms with E-state index in [1.165, 1.54) is 5.56 Å². The Morgan fingerprint density at radius 3 is 1.98 bits per heavy atom. The van der Waals surface area contributed by atoms with Gasteiger partial charge in [0, 0.05) is 39.1 Å². The lowest BCUT2D eigenvalue weighted by molar-refractivity contribution is -0.138. The van der Waals surface area contributed by atoms with Crippen molar-refractivity contribution in [3.63, 3.8) is 0 Å². The largest absolute Gasteiger partial charge is 0.489 e. The molecule has 0 spiro atoms. The maximum Gasteiger partial charge on any atom is 0.245 e. The molecule has 1 fully saturated rings. The lowest BCUT2D eigenvalue weighted by Gasteiger charge is -2.37. The topological polar surface area (TPSA) is 73.9 Å². The van der Waals surface area contributed by atoms with Crippen molar-refractivity contribution in [2.75, 3.05) is 33.2 Å². The SMILES string of the molecule is CNC(CC(C)C)C(=O)NC(Cc1ccc(OCc2ccccc2)cc1)C(=O)N1CCN(Cc2ccccc2)CC1. The lowest BCUT2D eigenvalue weighted by atomic mass is 10.0. The molecule has 0 saturated carbocycles. The molecule has 0 radical (unpaired) electrons. The van der Waals surface area contributed by atoms with Gasteiger partial charge in [0.25, 0.3) is 0 Å². The Balaban J connectivity index is 1.40. The molecule has 2 N–H and O–H groups in total. The molecule has 2 amide bonds. The van der Waals surface area contributed by atoms with E-state index in [0.717, 1.165) is 36.5 Å². The molecular weight excluding hydrogens is 512 g/mol. The van der Waals surface area contributed by atoms with Crippen LogP contribution in [0, 0.1) is 5.92 Å². The van der Waals surface area contributed by atoms with Gasteiger partial charge in [-0.1, -0.05) is 86.6 Å². The Bertz CT molecular complexity index is 1210. The number of piperazine rings is 1. The third-order valence-corrected chi connectivity index (χ3v) is 7.53. The number of ether oxygens (including phenoxy) is 1. The van der Waals surface area contributed by atoms with Gasteiger partial charge in [0.1, 0.15) is 18.4 Å². The Hall–Kier alpha value is -3.68. The molecule has 7 nitrogen and oxygen atoms in total. The summed E-state index contributed by atoms with van der Waals surface area (Å²) in [5.41, 5.74) is 3.36. The molecule has 7 heteroatoms. The number of amides is 2. The highest BCUT2D eigenvalue weighted by Gasteiger charge is 2.30. The van der Waals surface area contributed by atoms with Crippen molar-refractivity contribution >= 4 is 11.8 Å². The first-order valence-electron chi connectivity index (χ1n) is 14.7. The van der Waals surface area contributed by atoms with Crippen LogP contribution in [0.15, 0.2) is 84.9 Å². The molecule has 0 aromatic heterocycles. The fourth-order valence-electron chi connectivity index (χ4n) is 5.19. The summed E-state index contributed by atoms with van der Waals surface area (Å²) in [6.45, 7) is 8.46. The smallest absolute Gasteiger partial charge is 0.245 e. The number of carbonyl (C=O) groups is 2. The van der Waals surface area contributed by atoms with Crippen LogP contribution in [-0.4, -0.2) is 66.9 Å². The molecule has 1 saturated heterocycles. The van der Waals surface area contributed by atoms with Gasteiger partial charge in [-0.3, -0.25) is 14.5 Å². The van der Waals surface area contributed by atoms with Gasteiger partial charge in [0.2, 0.25) is 11.8 Å². The number of carbonyl (C=O) groups excluding carboxylic acids is 2. The average molecular weight is 557 g/mol.